The van der Waals surface area contributed by atoms with Crippen molar-refractivity contribution in [2.75, 3.05) is 18.5 Å². The van der Waals surface area contributed by atoms with E-state index in [-0.39, 0.29) is 5.41 Å². The first-order valence-electron chi connectivity index (χ1n) is 4.92. The molecule has 1 aliphatic carbocycles. The fourth-order valence-electron chi connectivity index (χ4n) is 1.93. The Hall–Kier alpha value is -1.01. The molecule has 1 heterocycles. The highest BCUT2D eigenvalue weighted by Crippen LogP contribution is 2.41. The van der Waals surface area contributed by atoms with Gasteiger partial charge in [-0.2, -0.15) is 5.26 Å². The Labute approximate surface area is 88.8 Å². The highest BCUT2D eigenvalue weighted by Gasteiger charge is 2.38. The number of anilines is 1. The molecular formula is C11H14N2S. The molecule has 0 aromatic carbocycles. The van der Waals surface area contributed by atoms with Crippen LogP contribution in [0.3, 0.4) is 0 Å². The molecule has 1 saturated carbocycles. The lowest BCUT2D eigenvalue weighted by molar-refractivity contribution is 0.223. The highest BCUT2D eigenvalue weighted by atomic mass is 32.1. The Morgan fingerprint density at radius 1 is 1.64 bits per heavy atom. The summed E-state index contributed by atoms with van der Waals surface area (Å²) in [5, 5.41) is 12.4. The molecule has 0 bridgehead atoms. The third-order valence-electron chi connectivity index (χ3n) is 2.97. The topological polar surface area (TPSA) is 27.0 Å². The standard InChI is InChI=1S/C11H14N2S/c1-13(10-4-2-7-14-10)9-11(8-12)5-3-6-11/h2,4,7H,3,5-6,9H2,1H3. The summed E-state index contributed by atoms with van der Waals surface area (Å²) in [6.45, 7) is 0.879. The third kappa shape index (κ3) is 1.62. The van der Waals surface area contributed by atoms with Crippen LogP contribution in [-0.2, 0) is 0 Å². The zero-order valence-electron chi connectivity index (χ0n) is 8.36. The second kappa shape index (κ2) is 3.62. The van der Waals surface area contributed by atoms with Crippen molar-refractivity contribution in [1.29, 1.82) is 5.26 Å². The lowest BCUT2D eigenvalue weighted by Gasteiger charge is -2.38. The Balaban J connectivity index is 2.01. The Bertz CT molecular complexity index is 333. The maximum Gasteiger partial charge on any atom is 0.0906 e. The van der Waals surface area contributed by atoms with Crippen molar-refractivity contribution in [3.63, 3.8) is 0 Å². The van der Waals surface area contributed by atoms with Crippen LogP contribution in [0.5, 0.6) is 0 Å². The van der Waals surface area contributed by atoms with Gasteiger partial charge in [-0.1, -0.05) is 6.42 Å². The molecule has 0 atom stereocenters. The number of nitrogens with zero attached hydrogens (tertiary/aromatic N) is 2. The van der Waals surface area contributed by atoms with Crippen molar-refractivity contribution >= 4 is 16.3 Å². The molecule has 0 radical (unpaired) electrons. The SMILES string of the molecule is CN(CC1(C#N)CCC1)c1cccs1. The number of rotatable bonds is 3. The largest absolute Gasteiger partial charge is 0.365 e. The van der Waals surface area contributed by atoms with Gasteiger partial charge in [0, 0.05) is 13.6 Å². The minimum Gasteiger partial charge on any atom is -0.365 e. The second-order valence-electron chi connectivity index (χ2n) is 4.05. The maximum absolute atomic E-state index is 9.11. The van der Waals surface area contributed by atoms with Gasteiger partial charge >= 0.3 is 0 Å². The molecule has 2 rings (SSSR count). The van der Waals surface area contributed by atoms with Crippen LogP contribution in [0.25, 0.3) is 0 Å². The summed E-state index contributed by atoms with van der Waals surface area (Å²) < 4.78 is 0. The van der Waals surface area contributed by atoms with E-state index in [1.807, 2.05) is 0 Å². The Kier molecular flexibility index (Phi) is 2.47. The predicted molar refractivity (Wildman–Crippen MR) is 59.5 cm³/mol. The van der Waals surface area contributed by atoms with E-state index in [4.69, 9.17) is 5.26 Å². The first-order valence-corrected chi connectivity index (χ1v) is 5.80. The molecule has 0 saturated heterocycles. The third-order valence-corrected chi connectivity index (χ3v) is 3.95. The highest BCUT2D eigenvalue weighted by molar-refractivity contribution is 7.14. The van der Waals surface area contributed by atoms with Gasteiger partial charge in [-0.3, -0.25) is 0 Å². The molecule has 0 N–H and O–H groups in total. The van der Waals surface area contributed by atoms with E-state index in [0.717, 1.165) is 19.4 Å². The number of thiophene rings is 1. The molecule has 14 heavy (non-hydrogen) atoms. The molecule has 0 unspecified atom stereocenters. The minimum absolute atomic E-state index is 0.0568. The lowest BCUT2D eigenvalue weighted by Crippen LogP contribution is -2.39. The van der Waals surface area contributed by atoms with Gasteiger partial charge in [-0.15, -0.1) is 11.3 Å². The average Bonchev–Trinajstić information content (AvgIpc) is 2.63. The molecule has 1 aliphatic rings. The van der Waals surface area contributed by atoms with E-state index in [1.54, 1.807) is 11.3 Å². The molecule has 0 aliphatic heterocycles. The molecular weight excluding hydrogens is 192 g/mol. The number of hydrogen-bond donors (Lipinski definition) is 0. The van der Waals surface area contributed by atoms with Crippen LogP contribution in [0.4, 0.5) is 5.00 Å². The summed E-state index contributed by atoms with van der Waals surface area (Å²) >= 11 is 1.73. The van der Waals surface area contributed by atoms with Crippen molar-refractivity contribution in [2.45, 2.75) is 19.3 Å². The maximum atomic E-state index is 9.11. The smallest absolute Gasteiger partial charge is 0.0906 e. The van der Waals surface area contributed by atoms with Crippen LogP contribution in [-0.4, -0.2) is 13.6 Å². The summed E-state index contributed by atoms with van der Waals surface area (Å²) in [4.78, 5) is 2.20. The van der Waals surface area contributed by atoms with Crippen LogP contribution >= 0.6 is 11.3 Å². The summed E-state index contributed by atoms with van der Waals surface area (Å²) in [5.41, 5.74) is -0.0568. The van der Waals surface area contributed by atoms with E-state index < -0.39 is 0 Å². The minimum atomic E-state index is -0.0568. The van der Waals surface area contributed by atoms with E-state index in [0.29, 0.717) is 0 Å². The van der Waals surface area contributed by atoms with E-state index in [9.17, 15) is 0 Å². The zero-order chi connectivity index (χ0) is 10.0. The quantitative estimate of drug-likeness (QED) is 0.760. The van der Waals surface area contributed by atoms with Gasteiger partial charge < -0.3 is 4.90 Å². The Morgan fingerprint density at radius 2 is 2.43 bits per heavy atom. The van der Waals surface area contributed by atoms with Crippen molar-refractivity contribution in [2.24, 2.45) is 5.41 Å². The fraction of sp³-hybridized carbons (Fsp3) is 0.545. The first kappa shape index (κ1) is 9.54. The van der Waals surface area contributed by atoms with Gasteiger partial charge in [0.05, 0.1) is 16.5 Å². The van der Waals surface area contributed by atoms with Gasteiger partial charge in [0.2, 0.25) is 0 Å². The van der Waals surface area contributed by atoms with Gasteiger partial charge in [0.15, 0.2) is 0 Å². The average molecular weight is 206 g/mol. The molecule has 1 aromatic heterocycles. The normalized spacial score (nSPS) is 18.3. The van der Waals surface area contributed by atoms with Crippen molar-refractivity contribution in [1.82, 2.24) is 0 Å². The van der Waals surface area contributed by atoms with Gasteiger partial charge in [0.1, 0.15) is 0 Å². The monoisotopic (exact) mass is 206 g/mol. The molecule has 74 valence electrons. The van der Waals surface area contributed by atoms with Crippen LogP contribution < -0.4 is 4.90 Å². The second-order valence-corrected chi connectivity index (χ2v) is 4.98. The van der Waals surface area contributed by atoms with E-state index in [1.165, 1.54) is 11.4 Å². The van der Waals surface area contributed by atoms with E-state index in [2.05, 4.69) is 35.5 Å². The van der Waals surface area contributed by atoms with Crippen molar-refractivity contribution in [3.05, 3.63) is 17.5 Å². The molecule has 3 heteroatoms. The summed E-state index contributed by atoms with van der Waals surface area (Å²) in [7, 11) is 2.07. The number of nitriles is 1. The molecule has 0 amide bonds. The van der Waals surface area contributed by atoms with Crippen LogP contribution in [0, 0.1) is 16.7 Å². The van der Waals surface area contributed by atoms with Crippen LogP contribution in [0.15, 0.2) is 17.5 Å². The molecule has 1 fully saturated rings. The van der Waals surface area contributed by atoms with E-state index >= 15 is 0 Å². The molecule has 0 spiro atoms. The summed E-state index contributed by atoms with van der Waals surface area (Å²) in [6.07, 6.45) is 3.35. The zero-order valence-corrected chi connectivity index (χ0v) is 9.18. The Morgan fingerprint density at radius 3 is 2.86 bits per heavy atom. The van der Waals surface area contributed by atoms with Crippen molar-refractivity contribution in [3.8, 4) is 6.07 Å². The summed E-state index contributed by atoms with van der Waals surface area (Å²) in [6, 6.07) is 6.63. The van der Waals surface area contributed by atoms with Gasteiger partial charge in [-0.05, 0) is 30.4 Å². The summed E-state index contributed by atoms with van der Waals surface area (Å²) in [5.74, 6) is 0. The number of hydrogen-bond acceptors (Lipinski definition) is 3. The predicted octanol–water partition coefficient (Wildman–Crippen LogP) is 2.88. The molecule has 1 aromatic rings. The molecule has 2 nitrogen and oxygen atoms in total. The van der Waals surface area contributed by atoms with Crippen molar-refractivity contribution < 1.29 is 0 Å². The first-order chi connectivity index (χ1) is 6.76. The fourth-order valence-corrected chi connectivity index (χ4v) is 2.63. The van der Waals surface area contributed by atoms with Gasteiger partial charge in [-0.25, -0.2) is 0 Å². The lowest BCUT2D eigenvalue weighted by atomic mass is 9.70. The van der Waals surface area contributed by atoms with Gasteiger partial charge in [0.25, 0.3) is 0 Å². The van der Waals surface area contributed by atoms with Crippen LogP contribution in [0.2, 0.25) is 0 Å². The van der Waals surface area contributed by atoms with Crippen LogP contribution in [0.1, 0.15) is 19.3 Å².